The number of hydrogen-bond acceptors (Lipinski definition) is 4. The zero-order valence-corrected chi connectivity index (χ0v) is 16.2. The van der Waals surface area contributed by atoms with Crippen LogP contribution >= 0.6 is 0 Å². The average Bonchev–Trinajstić information content (AvgIpc) is 2.47. The van der Waals surface area contributed by atoms with Crippen molar-refractivity contribution in [2.45, 2.75) is 89.9 Å². The van der Waals surface area contributed by atoms with Crippen molar-refractivity contribution in [3.05, 3.63) is 0 Å². The molecule has 2 heterocycles. The Bertz CT molecular complexity index is 334. The van der Waals surface area contributed by atoms with Gasteiger partial charge in [0.1, 0.15) is 0 Å². The Morgan fingerprint density at radius 2 is 1.52 bits per heavy atom. The second kappa shape index (κ2) is 8.28. The molecule has 2 rings (SSSR count). The molecule has 0 unspecified atom stereocenters. The summed E-state index contributed by atoms with van der Waals surface area (Å²) < 4.78 is 0. The van der Waals surface area contributed by atoms with Gasteiger partial charge in [-0.3, -0.25) is 4.90 Å². The van der Waals surface area contributed by atoms with Gasteiger partial charge in [-0.1, -0.05) is 0 Å². The molecule has 4 heteroatoms. The minimum atomic E-state index is 0.237. The summed E-state index contributed by atoms with van der Waals surface area (Å²) in [5.41, 5.74) is 0.562. The van der Waals surface area contributed by atoms with Crippen LogP contribution in [0, 0.1) is 0 Å². The van der Waals surface area contributed by atoms with Gasteiger partial charge in [0.25, 0.3) is 0 Å². The first-order valence-corrected chi connectivity index (χ1v) is 9.73. The number of rotatable bonds is 6. The Morgan fingerprint density at radius 1 is 0.913 bits per heavy atom. The van der Waals surface area contributed by atoms with Gasteiger partial charge in [0.15, 0.2) is 0 Å². The molecule has 0 atom stereocenters. The molecule has 0 bridgehead atoms. The van der Waals surface area contributed by atoms with Gasteiger partial charge in [-0.15, -0.1) is 0 Å². The second-order valence-corrected chi connectivity index (χ2v) is 9.19. The summed E-state index contributed by atoms with van der Waals surface area (Å²) in [6, 6.07) is 1.41. The van der Waals surface area contributed by atoms with E-state index in [1.807, 2.05) is 0 Å². The maximum Gasteiger partial charge on any atom is 0.0139 e. The second-order valence-electron chi connectivity index (χ2n) is 9.19. The van der Waals surface area contributed by atoms with Crippen LogP contribution in [0.15, 0.2) is 0 Å². The van der Waals surface area contributed by atoms with Crippen LogP contribution in [0.5, 0.6) is 0 Å². The highest BCUT2D eigenvalue weighted by atomic mass is 15.2. The van der Waals surface area contributed by atoms with Gasteiger partial charge in [-0.25, -0.2) is 0 Å². The van der Waals surface area contributed by atoms with Crippen molar-refractivity contribution in [2.24, 2.45) is 0 Å². The molecule has 23 heavy (non-hydrogen) atoms. The Hall–Kier alpha value is -0.160. The highest BCUT2D eigenvalue weighted by Crippen LogP contribution is 2.20. The largest absolute Gasteiger partial charge is 0.317 e. The SMILES string of the molecule is CC(C)(CCNC1CCN(C(C)(C)C)CC1)NC1CCNCC1. The molecule has 136 valence electrons. The van der Waals surface area contributed by atoms with Crippen LogP contribution < -0.4 is 16.0 Å². The average molecular weight is 325 g/mol. The van der Waals surface area contributed by atoms with E-state index in [4.69, 9.17) is 0 Å². The molecule has 2 saturated heterocycles. The van der Waals surface area contributed by atoms with Crippen LogP contribution in [0.25, 0.3) is 0 Å². The molecule has 0 saturated carbocycles. The fraction of sp³-hybridized carbons (Fsp3) is 1.00. The molecule has 0 aromatic heterocycles. The Labute approximate surface area is 144 Å². The van der Waals surface area contributed by atoms with Crippen LogP contribution in [-0.2, 0) is 0 Å². The Balaban J connectivity index is 1.62. The fourth-order valence-electron chi connectivity index (χ4n) is 3.93. The molecule has 2 fully saturated rings. The van der Waals surface area contributed by atoms with Crippen molar-refractivity contribution in [3.63, 3.8) is 0 Å². The molecule has 0 radical (unpaired) electrons. The molecular formula is C19H40N4. The molecule has 2 aliphatic heterocycles. The van der Waals surface area contributed by atoms with E-state index in [9.17, 15) is 0 Å². The molecule has 0 spiro atoms. The number of likely N-dealkylation sites (tertiary alicyclic amines) is 1. The predicted molar refractivity (Wildman–Crippen MR) is 100 cm³/mol. The summed E-state index contributed by atoms with van der Waals surface area (Å²) in [4.78, 5) is 2.62. The number of nitrogens with zero attached hydrogens (tertiary/aromatic N) is 1. The van der Waals surface area contributed by atoms with Crippen molar-refractivity contribution in [3.8, 4) is 0 Å². The molecule has 0 aromatic carbocycles. The summed E-state index contributed by atoms with van der Waals surface area (Å²) in [7, 11) is 0. The highest BCUT2D eigenvalue weighted by Gasteiger charge is 2.27. The fourth-order valence-corrected chi connectivity index (χ4v) is 3.93. The molecule has 0 amide bonds. The molecule has 2 aliphatic rings. The minimum absolute atomic E-state index is 0.237. The first kappa shape index (κ1) is 19.2. The van der Waals surface area contributed by atoms with Crippen molar-refractivity contribution >= 4 is 0 Å². The first-order valence-electron chi connectivity index (χ1n) is 9.73. The Kier molecular flexibility index (Phi) is 6.90. The molecule has 0 aromatic rings. The van der Waals surface area contributed by atoms with E-state index in [2.05, 4.69) is 55.5 Å². The number of nitrogens with one attached hydrogen (secondary N) is 3. The van der Waals surface area contributed by atoms with E-state index in [0.29, 0.717) is 17.6 Å². The minimum Gasteiger partial charge on any atom is -0.317 e. The van der Waals surface area contributed by atoms with Gasteiger partial charge in [-0.2, -0.15) is 0 Å². The normalized spacial score (nSPS) is 23.3. The van der Waals surface area contributed by atoms with Crippen LogP contribution in [0.2, 0.25) is 0 Å². The van der Waals surface area contributed by atoms with Crippen molar-refractivity contribution < 1.29 is 0 Å². The quantitative estimate of drug-likeness (QED) is 0.701. The van der Waals surface area contributed by atoms with Crippen molar-refractivity contribution in [1.29, 1.82) is 0 Å². The van der Waals surface area contributed by atoms with Crippen molar-refractivity contribution in [1.82, 2.24) is 20.9 Å². The standard InChI is InChI=1S/C19H40N4/c1-18(2,3)23-14-8-16(9-15-23)21-13-10-19(4,5)22-17-6-11-20-12-7-17/h16-17,20-22H,6-15H2,1-5H3. The summed E-state index contributed by atoms with van der Waals surface area (Å²) >= 11 is 0. The van der Waals surface area contributed by atoms with Gasteiger partial charge in [-0.05, 0) is 86.4 Å². The number of piperidine rings is 2. The van der Waals surface area contributed by atoms with Crippen LogP contribution in [0.4, 0.5) is 0 Å². The molecule has 0 aliphatic carbocycles. The monoisotopic (exact) mass is 324 g/mol. The van der Waals surface area contributed by atoms with Crippen LogP contribution in [0.3, 0.4) is 0 Å². The van der Waals surface area contributed by atoms with E-state index < -0.39 is 0 Å². The smallest absolute Gasteiger partial charge is 0.0139 e. The lowest BCUT2D eigenvalue weighted by Gasteiger charge is -2.41. The van der Waals surface area contributed by atoms with E-state index in [0.717, 1.165) is 6.54 Å². The van der Waals surface area contributed by atoms with E-state index in [-0.39, 0.29) is 5.54 Å². The zero-order chi connectivity index (χ0) is 16.9. The lowest BCUT2D eigenvalue weighted by atomic mass is 9.95. The van der Waals surface area contributed by atoms with Gasteiger partial charge < -0.3 is 16.0 Å². The van der Waals surface area contributed by atoms with Gasteiger partial charge in [0.2, 0.25) is 0 Å². The lowest BCUT2D eigenvalue weighted by Crippen LogP contribution is -2.52. The Morgan fingerprint density at radius 3 is 2.09 bits per heavy atom. The van der Waals surface area contributed by atoms with Crippen molar-refractivity contribution in [2.75, 3.05) is 32.7 Å². The third kappa shape index (κ3) is 6.69. The summed E-state index contributed by atoms with van der Waals surface area (Å²) in [6.45, 7) is 17.6. The van der Waals surface area contributed by atoms with Gasteiger partial charge in [0.05, 0.1) is 0 Å². The molecule has 4 nitrogen and oxygen atoms in total. The summed E-state index contributed by atoms with van der Waals surface area (Å²) in [6.07, 6.45) is 6.32. The zero-order valence-electron chi connectivity index (χ0n) is 16.2. The molecular weight excluding hydrogens is 284 g/mol. The summed E-state index contributed by atoms with van der Waals surface area (Å²) in [5.74, 6) is 0. The summed E-state index contributed by atoms with van der Waals surface area (Å²) in [5, 5.41) is 11.1. The lowest BCUT2D eigenvalue weighted by molar-refractivity contribution is 0.0958. The van der Waals surface area contributed by atoms with E-state index >= 15 is 0 Å². The number of hydrogen-bond donors (Lipinski definition) is 3. The highest BCUT2D eigenvalue weighted by molar-refractivity contribution is 4.87. The van der Waals surface area contributed by atoms with Gasteiger partial charge >= 0.3 is 0 Å². The van der Waals surface area contributed by atoms with E-state index in [1.165, 1.54) is 58.3 Å². The van der Waals surface area contributed by atoms with E-state index in [1.54, 1.807) is 0 Å². The maximum absolute atomic E-state index is 3.87. The maximum atomic E-state index is 3.87. The topological polar surface area (TPSA) is 39.3 Å². The predicted octanol–water partition coefficient (Wildman–Crippen LogP) is 2.35. The molecule has 3 N–H and O–H groups in total. The van der Waals surface area contributed by atoms with Crippen LogP contribution in [0.1, 0.15) is 66.7 Å². The third-order valence-corrected chi connectivity index (χ3v) is 5.56. The first-order chi connectivity index (χ1) is 10.8. The third-order valence-electron chi connectivity index (χ3n) is 5.56. The van der Waals surface area contributed by atoms with Crippen LogP contribution in [-0.4, -0.2) is 60.8 Å². The van der Waals surface area contributed by atoms with Gasteiger partial charge in [0, 0.05) is 36.3 Å².